The Hall–Kier alpha value is -1.06. The van der Waals surface area contributed by atoms with Crippen molar-refractivity contribution in [3.05, 3.63) is 57.3 Å². The molecule has 5 nitrogen and oxygen atoms in total. The Kier molecular flexibility index (Phi) is 7.33. The van der Waals surface area contributed by atoms with Gasteiger partial charge in [-0.1, -0.05) is 18.2 Å². The molecule has 1 N–H and O–H groups in total. The molecule has 1 aliphatic heterocycles. The summed E-state index contributed by atoms with van der Waals surface area (Å²) in [5.74, 6) is 0.879. The summed E-state index contributed by atoms with van der Waals surface area (Å²) in [5.41, 5.74) is 5.07. The van der Waals surface area contributed by atoms with Crippen molar-refractivity contribution in [1.82, 2.24) is 14.8 Å². The molecule has 2 heterocycles. The van der Waals surface area contributed by atoms with E-state index < -0.39 is 0 Å². The minimum Gasteiger partial charge on any atom is -0.372 e. The van der Waals surface area contributed by atoms with Crippen molar-refractivity contribution < 1.29 is 4.74 Å². The third kappa shape index (κ3) is 4.98. The summed E-state index contributed by atoms with van der Waals surface area (Å²) in [6.07, 6.45) is 2.06. The lowest BCUT2D eigenvalue weighted by Gasteiger charge is -2.22. The summed E-state index contributed by atoms with van der Waals surface area (Å²) in [6.45, 7) is 3.00. The second-order valence-electron chi connectivity index (χ2n) is 6.11. The standard InChI is InChI=1S/C18H23BrN4O.HI/c1-20-18(23(3)10-17-7-16(19)9-22(17)2)21-8-13-4-5-14-11-24-12-15(14)6-13;/h4-7,9H,8,10-12H2,1-3H3,(H,20,21);1H. The quantitative estimate of drug-likeness (QED) is 0.381. The van der Waals surface area contributed by atoms with Gasteiger partial charge < -0.3 is 19.5 Å². The van der Waals surface area contributed by atoms with Crippen LogP contribution in [0.25, 0.3) is 0 Å². The van der Waals surface area contributed by atoms with Crippen LogP contribution >= 0.6 is 39.9 Å². The highest BCUT2D eigenvalue weighted by atomic mass is 127. The highest BCUT2D eigenvalue weighted by molar-refractivity contribution is 14.0. The summed E-state index contributed by atoms with van der Waals surface area (Å²) in [4.78, 5) is 6.52. The molecule has 2 aromatic rings. The molecule has 0 fully saturated rings. The average Bonchev–Trinajstić information content (AvgIpc) is 3.13. The first-order valence-corrected chi connectivity index (χ1v) is 8.77. The highest BCUT2D eigenvalue weighted by Gasteiger charge is 2.12. The molecule has 0 atom stereocenters. The van der Waals surface area contributed by atoms with Crippen molar-refractivity contribution in [3.8, 4) is 0 Å². The van der Waals surface area contributed by atoms with Crippen LogP contribution in [0, 0.1) is 0 Å². The molecule has 3 rings (SSSR count). The molecule has 0 saturated carbocycles. The lowest BCUT2D eigenvalue weighted by Crippen LogP contribution is -2.38. The molecule has 1 aliphatic rings. The van der Waals surface area contributed by atoms with Crippen molar-refractivity contribution in [2.24, 2.45) is 12.0 Å². The number of aromatic nitrogens is 1. The number of guanidine groups is 1. The van der Waals surface area contributed by atoms with Gasteiger partial charge >= 0.3 is 0 Å². The van der Waals surface area contributed by atoms with E-state index in [0.717, 1.165) is 36.7 Å². The number of nitrogens with zero attached hydrogens (tertiary/aromatic N) is 3. The third-order valence-electron chi connectivity index (χ3n) is 4.28. The molecule has 136 valence electrons. The average molecular weight is 519 g/mol. The molecule has 25 heavy (non-hydrogen) atoms. The molecule has 0 saturated heterocycles. The topological polar surface area (TPSA) is 41.8 Å². The number of halogens is 2. The molecular weight excluding hydrogens is 495 g/mol. The molecule has 1 aromatic carbocycles. The fourth-order valence-corrected chi connectivity index (χ4v) is 3.51. The molecule has 1 aromatic heterocycles. The van der Waals surface area contributed by atoms with Crippen molar-refractivity contribution in [3.63, 3.8) is 0 Å². The molecule has 0 spiro atoms. The molecule has 0 amide bonds. The van der Waals surface area contributed by atoms with Gasteiger partial charge in [0.15, 0.2) is 5.96 Å². The van der Waals surface area contributed by atoms with Crippen molar-refractivity contribution >= 4 is 45.9 Å². The Labute approximate surface area is 174 Å². The summed E-state index contributed by atoms with van der Waals surface area (Å²) in [5, 5.41) is 3.44. The smallest absolute Gasteiger partial charge is 0.194 e. The van der Waals surface area contributed by atoms with Crippen LogP contribution in [0.15, 0.2) is 39.9 Å². The van der Waals surface area contributed by atoms with Crippen LogP contribution in [0.5, 0.6) is 0 Å². The van der Waals surface area contributed by atoms with Gasteiger partial charge in [0.05, 0.1) is 19.8 Å². The minimum absolute atomic E-state index is 0. The van der Waals surface area contributed by atoms with Gasteiger partial charge in [0.1, 0.15) is 0 Å². The first-order chi connectivity index (χ1) is 11.6. The van der Waals surface area contributed by atoms with E-state index in [1.54, 1.807) is 0 Å². The number of hydrogen-bond acceptors (Lipinski definition) is 2. The molecule has 0 unspecified atom stereocenters. The minimum atomic E-state index is 0. The first-order valence-electron chi connectivity index (χ1n) is 7.98. The Morgan fingerprint density at radius 1 is 1.32 bits per heavy atom. The van der Waals surface area contributed by atoms with E-state index in [4.69, 9.17) is 4.74 Å². The fraction of sp³-hybridized carbons (Fsp3) is 0.389. The van der Waals surface area contributed by atoms with Gasteiger partial charge in [-0.25, -0.2) is 0 Å². The van der Waals surface area contributed by atoms with Crippen LogP contribution < -0.4 is 5.32 Å². The van der Waals surface area contributed by atoms with E-state index in [-0.39, 0.29) is 24.0 Å². The molecular formula is C18H24BrIN4O. The zero-order valence-electron chi connectivity index (χ0n) is 14.8. The molecule has 0 bridgehead atoms. The lowest BCUT2D eigenvalue weighted by molar-refractivity contribution is 0.134. The number of aliphatic imine (C=N–C) groups is 1. The highest BCUT2D eigenvalue weighted by Crippen LogP contribution is 2.21. The van der Waals surface area contributed by atoms with E-state index in [1.807, 2.05) is 14.1 Å². The van der Waals surface area contributed by atoms with Crippen LogP contribution in [-0.4, -0.2) is 29.5 Å². The maximum atomic E-state index is 5.48. The number of ether oxygens (including phenoxy) is 1. The maximum Gasteiger partial charge on any atom is 0.194 e. The van der Waals surface area contributed by atoms with Crippen LogP contribution in [0.2, 0.25) is 0 Å². The van der Waals surface area contributed by atoms with Crippen LogP contribution in [0.3, 0.4) is 0 Å². The van der Waals surface area contributed by atoms with Gasteiger partial charge in [-0.15, -0.1) is 24.0 Å². The largest absolute Gasteiger partial charge is 0.372 e. The number of benzene rings is 1. The Balaban J connectivity index is 0.00000225. The second-order valence-corrected chi connectivity index (χ2v) is 7.03. The predicted octanol–water partition coefficient (Wildman–Crippen LogP) is 3.64. The second kappa shape index (κ2) is 9.05. The number of hydrogen-bond donors (Lipinski definition) is 1. The zero-order chi connectivity index (χ0) is 17.1. The summed E-state index contributed by atoms with van der Waals surface area (Å²) < 4.78 is 8.69. The van der Waals surface area contributed by atoms with Crippen molar-refractivity contribution in [2.45, 2.75) is 26.3 Å². The van der Waals surface area contributed by atoms with Crippen molar-refractivity contribution in [1.29, 1.82) is 0 Å². The van der Waals surface area contributed by atoms with Crippen LogP contribution in [-0.2, 0) is 38.1 Å². The van der Waals surface area contributed by atoms with E-state index in [0.29, 0.717) is 0 Å². The van der Waals surface area contributed by atoms with Gasteiger partial charge in [-0.3, -0.25) is 4.99 Å². The third-order valence-corrected chi connectivity index (χ3v) is 4.72. The normalized spacial score (nSPS) is 13.4. The van der Waals surface area contributed by atoms with Gasteiger partial charge in [-0.2, -0.15) is 0 Å². The lowest BCUT2D eigenvalue weighted by atomic mass is 10.1. The molecule has 7 heteroatoms. The number of aryl methyl sites for hydroxylation is 1. The van der Waals surface area contributed by atoms with Gasteiger partial charge in [0.2, 0.25) is 0 Å². The number of rotatable bonds is 4. The SMILES string of the molecule is CN=C(NCc1ccc2c(c1)COC2)N(C)Cc1cc(Br)cn1C.I. The zero-order valence-corrected chi connectivity index (χ0v) is 18.7. The monoisotopic (exact) mass is 518 g/mol. The van der Waals surface area contributed by atoms with Crippen LogP contribution in [0.4, 0.5) is 0 Å². The Morgan fingerprint density at radius 3 is 2.76 bits per heavy atom. The van der Waals surface area contributed by atoms with Crippen LogP contribution in [0.1, 0.15) is 22.4 Å². The maximum absolute atomic E-state index is 5.48. The van der Waals surface area contributed by atoms with E-state index in [9.17, 15) is 0 Å². The summed E-state index contributed by atoms with van der Waals surface area (Å²) in [6, 6.07) is 8.66. The Bertz CT molecular complexity index is 760. The van der Waals surface area contributed by atoms with E-state index in [2.05, 4.69) is 73.2 Å². The summed E-state index contributed by atoms with van der Waals surface area (Å²) in [7, 11) is 5.92. The van der Waals surface area contributed by atoms with Gasteiger partial charge in [-0.05, 0) is 38.7 Å². The number of nitrogens with one attached hydrogen (secondary N) is 1. The Morgan fingerprint density at radius 2 is 2.08 bits per heavy atom. The van der Waals surface area contributed by atoms with E-state index >= 15 is 0 Å². The summed E-state index contributed by atoms with van der Waals surface area (Å²) >= 11 is 3.52. The first kappa shape index (κ1) is 20.3. The van der Waals surface area contributed by atoms with Gasteiger partial charge in [0.25, 0.3) is 0 Å². The fourth-order valence-electron chi connectivity index (χ4n) is 2.94. The number of fused-ring (bicyclic) bond motifs is 1. The molecule has 0 radical (unpaired) electrons. The van der Waals surface area contributed by atoms with Gasteiger partial charge in [0, 0.05) is 44.1 Å². The van der Waals surface area contributed by atoms with Crippen molar-refractivity contribution in [2.75, 3.05) is 14.1 Å². The molecule has 0 aliphatic carbocycles. The van der Waals surface area contributed by atoms with E-state index in [1.165, 1.54) is 22.4 Å². The predicted molar refractivity (Wildman–Crippen MR) is 115 cm³/mol.